The number of halogens is 1. The number of nitrogens with one attached hydrogen (secondary N) is 1. The van der Waals surface area contributed by atoms with Crippen LogP contribution in [0.1, 0.15) is 39.0 Å². The highest BCUT2D eigenvalue weighted by molar-refractivity contribution is 6.33. The van der Waals surface area contributed by atoms with Crippen LogP contribution >= 0.6 is 11.6 Å². The molecule has 0 atom stereocenters. The number of H-pyrrole nitrogens is 1. The number of nitrogens with zero attached hydrogens (tertiary/aromatic N) is 2. The molecule has 3 N–H and O–H groups in total. The van der Waals surface area contributed by atoms with Crippen molar-refractivity contribution >= 4 is 17.3 Å². The van der Waals surface area contributed by atoms with Crippen molar-refractivity contribution < 1.29 is 0 Å². The van der Waals surface area contributed by atoms with Crippen molar-refractivity contribution in [2.45, 2.75) is 51.1 Å². The van der Waals surface area contributed by atoms with Crippen molar-refractivity contribution in [3.05, 3.63) is 21.6 Å². The molecule has 106 valence electrons. The third-order valence-electron chi connectivity index (χ3n) is 3.73. The van der Waals surface area contributed by atoms with E-state index in [1.807, 2.05) is 0 Å². The number of rotatable bonds is 4. The van der Waals surface area contributed by atoms with E-state index in [-0.39, 0.29) is 10.6 Å². The first-order valence-corrected chi connectivity index (χ1v) is 7.26. The SMILES string of the molecule is CCCN(c1cn[nH]c(=O)c1Cl)C1CCC(N)CC1. The molecule has 2 rings (SSSR count). The maximum absolute atomic E-state index is 11.6. The zero-order valence-electron chi connectivity index (χ0n) is 11.2. The zero-order chi connectivity index (χ0) is 13.8. The van der Waals surface area contributed by atoms with Gasteiger partial charge in [-0.05, 0) is 32.1 Å². The van der Waals surface area contributed by atoms with E-state index in [2.05, 4.69) is 22.0 Å². The number of aromatic amines is 1. The molecule has 1 aliphatic carbocycles. The van der Waals surface area contributed by atoms with Gasteiger partial charge >= 0.3 is 0 Å². The van der Waals surface area contributed by atoms with E-state index in [0.29, 0.717) is 12.1 Å². The molecule has 5 nitrogen and oxygen atoms in total. The largest absolute Gasteiger partial charge is 0.366 e. The highest BCUT2D eigenvalue weighted by atomic mass is 35.5. The van der Waals surface area contributed by atoms with Gasteiger partial charge in [-0.1, -0.05) is 18.5 Å². The molecule has 0 aliphatic heterocycles. The van der Waals surface area contributed by atoms with E-state index in [9.17, 15) is 4.79 Å². The summed E-state index contributed by atoms with van der Waals surface area (Å²) >= 11 is 6.12. The minimum absolute atomic E-state index is 0.235. The fourth-order valence-electron chi connectivity index (χ4n) is 2.73. The molecule has 1 aliphatic rings. The van der Waals surface area contributed by atoms with Gasteiger partial charge in [0.15, 0.2) is 0 Å². The molecular weight excluding hydrogens is 264 g/mol. The molecule has 0 spiro atoms. The van der Waals surface area contributed by atoms with Crippen molar-refractivity contribution in [3.8, 4) is 0 Å². The van der Waals surface area contributed by atoms with Gasteiger partial charge in [-0.3, -0.25) is 4.79 Å². The van der Waals surface area contributed by atoms with E-state index < -0.39 is 0 Å². The Morgan fingerprint density at radius 2 is 2.16 bits per heavy atom. The Hall–Kier alpha value is -1.07. The quantitative estimate of drug-likeness (QED) is 0.886. The van der Waals surface area contributed by atoms with E-state index >= 15 is 0 Å². The first kappa shape index (κ1) is 14.3. The number of anilines is 1. The van der Waals surface area contributed by atoms with Crippen molar-refractivity contribution in [1.82, 2.24) is 10.2 Å². The van der Waals surface area contributed by atoms with Crippen LogP contribution in [-0.2, 0) is 0 Å². The third kappa shape index (κ3) is 3.28. The molecular formula is C13H21ClN4O. The molecule has 1 aromatic rings. The summed E-state index contributed by atoms with van der Waals surface area (Å²) in [5.74, 6) is 0. The van der Waals surface area contributed by atoms with Gasteiger partial charge in [0.2, 0.25) is 0 Å². The number of nitrogens with two attached hydrogens (primary N) is 1. The number of aromatic nitrogens is 2. The molecule has 0 bridgehead atoms. The predicted molar refractivity (Wildman–Crippen MR) is 77.7 cm³/mol. The van der Waals surface area contributed by atoms with Gasteiger partial charge in [0.05, 0.1) is 11.9 Å². The van der Waals surface area contributed by atoms with Crippen molar-refractivity contribution in [3.63, 3.8) is 0 Å². The standard InChI is InChI=1S/C13H21ClN4O/c1-2-7-18(10-5-3-9(15)4-6-10)11-8-16-17-13(19)12(11)14/h8-10H,2-7,15H2,1H3,(H,17,19). The van der Waals surface area contributed by atoms with Crippen LogP contribution in [0.4, 0.5) is 5.69 Å². The maximum Gasteiger partial charge on any atom is 0.285 e. The molecule has 6 heteroatoms. The highest BCUT2D eigenvalue weighted by Gasteiger charge is 2.26. The molecule has 1 fully saturated rings. The predicted octanol–water partition coefficient (Wildman–Crippen LogP) is 1.91. The number of hydrogen-bond donors (Lipinski definition) is 2. The summed E-state index contributed by atoms with van der Waals surface area (Å²) < 4.78 is 0. The van der Waals surface area contributed by atoms with Crippen molar-refractivity contribution in [2.24, 2.45) is 5.73 Å². The lowest BCUT2D eigenvalue weighted by molar-refractivity contribution is 0.375. The van der Waals surface area contributed by atoms with Crippen molar-refractivity contribution in [2.75, 3.05) is 11.4 Å². The van der Waals surface area contributed by atoms with Crippen molar-refractivity contribution in [1.29, 1.82) is 0 Å². The fourth-order valence-corrected chi connectivity index (χ4v) is 2.93. The van der Waals surface area contributed by atoms with Crippen LogP contribution < -0.4 is 16.2 Å². The van der Waals surface area contributed by atoms with Gasteiger partial charge in [0.25, 0.3) is 5.56 Å². The van der Waals surface area contributed by atoms with Crippen LogP contribution in [0.25, 0.3) is 0 Å². The lowest BCUT2D eigenvalue weighted by Gasteiger charge is -2.37. The van der Waals surface area contributed by atoms with Gasteiger partial charge in [0, 0.05) is 18.6 Å². The lowest BCUT2D eigenvalue weighted by atomic mass is 9.90. The van der Waals surface area contributed by atoms with Gasteiger partial charge < -0.3 is 10.6 Å². The molecule has 1 saturated carbocycles. The second-order valence-corrected chi connectivity index (χ2v) is 5.54. The van der Waals surface area contributed by atoms with Gasteiger partial charge in [0.1, 0.15) is 5.02 Å². The average molecular weight is 285 g/mol. The molecule has 0 saturated heterocycles. The Labute approximate surface area is 118 Å². The Kier molecular flexibility index (Phi) is 4.82. The van der Waals surface area contributed by atoms with Crippen LogP contribution in [0.5, 0.6) is 0 Å². The molecule has 0 radical (unpaired) electrons. The molecule has 1 aromatic heterocycles. The summed E-state index contributed by atoms with van der Waals surface area (Å²) in [5, 5.41) is 6.47. The number of hydrogen-bond acceptors (Lipinski definition) is 4. The van der Waals surface area contributed by atoms with Crippen LogP contribution in [0, 0.1) is 0 Å². The van der Waals surface area contributed by atoms with Gasteiger partial charge in [-0.15, -0.1) is 0 Å². The van der Waals surface area contributed by atoms with E-state index in [0.717, 1.165) is 44.3 Å². The molecule has 0 aromatic carbocycles. The summed E-state index contributed by atoms with van der Waals surface area (Å²) in [6, 6.07) is 0.716. The fraction of sp³-hybridized carbons (Fsp3) is 0.692. The molecule has 19 heavy (non-hydrogen) atoms. The summed E-state index contributed by atoms with van der Waals surface area (Å²) in [4.78, 5) is 13.8. The monoisotopic (exact) mass is 284 g/mol. The van der Waals surface area contributed by atoms with Crippen LogP contribution in [-0.4, -0.2) is 28.8 Å². The first-order valence-electron chi connectivity index (χ1n) is 6.89. The van der Waals surface area contributed by atoms with E-state index in [4.69, 9.17) is 17.3 Å². The van der Waals surface area contributed by atoms with E-state index in [1.54, 1.807) is 6.20 Å². The topological polar surface area (TPSA) is 75.0 Å². The second-order valence-electron chi connectivity index (χ2n) is 5.16. The lowest BCUT2D eigenvalue weighted by Crippen LogP contribution is -2.42. The smallest absolute Gasteiger partial charge is 0.285 e. The van der Waals surface area contributed by atoms with E-state index in [1.165, 1.54) is 0 Å². The zero-order valence-corrected chi connectivity index (χ0v) is 12.0. The third-order valence-corrected chi connectivity index (χ3v) is 4.10. The summed E-state index contributed by atoms with van der Waals surface area (Å²) in [6.07, 6.45) is 6.80. The molecule has 1 heterocycles. The Balaban J connectivity index is 2.24. The normalized spacial score (nSPS) is 23.3. The first-order chi connectivity index (χ1) is 9.13. The van der Waals surface area contributed by atoms with Crippen LogP contribution in [0.15, 0.2) is 11.0 Å². The highest BCUT2D eigenvalue weighted by Crippen LogP contribution is 2.29. The minimum Gasteiger partial charge on any atom is -0.366 e. The van der Waals surface area contributed by atoms with Crippen LogP contribution in [0.3, 0.4) is 0 Å². The summed E-state index contributed by atoms with van der Waals surface area (Å²) in [6.45, 7) is 3.00. The van der Waals surface area contributed by atoms with Crippen LogP contribution in [0.2, 0.25) is 5.02 Å². The van der Waals surface area contributed by atoms with Gasteiger partial charge in [-0.25, -0.2) is 5.10 Å². The Bertz CT molecular complexity index is 468. The second kappa shape index (κ2) is 6.39. The van der Waals surface area contributed by atoms with Gasteiger partial charge in [-0.2, -0.15) is 5.10 Å². The summed E-state index contributed by atoms with van der Waals surface area (Å²) in [7, 11) is 0. The Morgan fingerprint density at radius 1 is 1.47 bits per heavy atom. The Morgan fingerprint density at radius 3 is 2.79 bits per heavy atom. The maximum atomic E-state index is 11.6. The molecule has 0 unspecified atom stereocenters. The molecule has 0 amide bonds. The average Bonchev–Trinajstić information content (AvgIpc) is 2.41. The summed E-state index contributed by atoms with van der Waals surface area (Å²) in [5.41, 5.74) is 6.37. The minimum atomic E-state index is -0.326.